The number of nitrogens with zero attached hydrogens (tertiary/aromatic N) is 2. The molecule has 0 fully saturated rings. The highest BCUT2D eigenvalue weighted by Crippen LogP contribution is 2.30. The molecular formula is C21H22N2O3S. The van der Waals surface area contributed by atoms with Gasteiger partial charge in [0.15, 0.2) is 5.17 Å². The molecule has 0 bridgehead atoms. The van der Waals surface area contributed by atoms with Crippen molar-refractivity contribution >= 4 is 34.6 Å². The fourth-order valence-corrected chi connectivity index (χ4v) is 3.65. The maximum Gasteiger partial charge on any atom is 0.283 e. The number of carbonyl (C=O) groups is 1. The van der Waals surface area contributed by atoms with Crippen LogP contribution in [-0.4, -0.2) is 35.7 Å². The lowest BCUT2D eigenvalue weighted by molar-refractivity contribution is -0.113. The fraction of sp³-hybridized carbons (Fsp3) is 0.238. The maximum atomic E-state index is 13.1. The third-order valence-electron chi connectivity index (χ3n) is 4.04. The number of aliphatic hydroxyl groups excluding tert-OH is 1. The third-order valence-corrected chi connectivity index (χ3v) is 4.95. The molecule has 0 spiro atoms. The molecule has 1 N–H and O–H groups in total. The molecule has 1 heterocycles. The van der Waals surface area contributed by atoms with Gasteiger partial charge >= 0.3 is 0 Å². The van der Waals surface area contributed by atoms with E-state index < -0.39 is 0 Å². The van der Waals surface area contributed by atoms with Crippen molar-refractivity contribution in [1.29, 1.82) is 0 Å². The monoisotopic (exact) mass is 382 g/mol. The number of rotatable bonds is 5. The van der Waals surface area contributed by atoms with Crippen LogP contribution >= 0.6 is 11.8 Å². The minimum Gasteiger partial charge on any atom is -0.497 e. The van der Waals surface area contributed by atoms with Crippen molar-refractivity contribution in [3.63, 3.8) is 0 Å². The number of methoxy groups -OCH3 is 1. The third kappa shape index (κ3) is 4.40. The zero-order valence-corrected chi connectivity index (χ0v) is 16.4. The summed E-state index contributed by atoms with van der Waals surface area (Å²) >= 11 is 1.37. The van der Waals surface area contributed by atoms with Crippen molar-refractivity contribution in [2.45, 2.75) is 13.8 Å². The molecule has 1 aliphatic rings. The quantitative estimate of drug-likeness (QED) is 0.800. The zero-order chi connectivity index (χ0) is 19.4. The predicted octanol–water partition coefficient (Wildman–Crippen LogP) is 3.78. The molecule has 2 aromatic carbocycles. The van der Waals surface area contributed by atoms with Crippen molar-refractivity contribution in [3.8, 4) is 5.75 Å². The molecule has 0 unspecified atom stereocenters. The number of aliphatic hydroxyl groups is 1. The molecule has 0 atom stereocenters. The van der Waals surface area contributed by atoms with Gasteiger partial charge in [0.05, 0.1) is 19.4 Å². The van der Waals surface area contributed by atoms with Gasteiger partial charge in [-0.3, -0.25) is 9.69 Å². The second-order valence-corrected chi connectivity index (χ2v) is 7.32. The molecule has 6 heteroatoms. The largest absolute Gasteiger partial charge is 0.497 e. The van der Waals surface area contributed by atoms with Gasteiger partial charge in [0.25, 0.3) is 5.91 Å². The van der Waals surface area contributed by atoms with Crippen LogP contribution in [0.4, 0.5) is 5.69 Å². The average Bonchev–Trinajstić information content (AvgIpc) is 2.95. The van der Waals surface area contributed by atoms with Crippen molar-refractivity contribution < 1.29 is 14.6 Å². The zero-order valence-electron chi connectivity index (χ0n) is 15.6. The standard InChI is InChI=1S/C21H22N2O3S/c1-14-10-15(2)12-17(11-14)23-20(25)19(22-21(23)27-9-8-24)13-16-4-6-18(26-3)7-5-16/h4-7,10-13,24H,8-9H2,1-3H3. The number of carbonyl (C=O) groups excluding carboxylic acids is 1. The highest BCUT2D eigenvalue weighted by molar-refractivity contribution is 8.14. The smallest absolute Gasteiger partial charge is 0.283 e. The molecule has 1 aliphatic heterocycles. The highest BCUT2D eigenvalue weighted by atomic mass is 32.2. The molecule has 27 heavy (non-hydrogen) atoms. The van der Waals surface area contributed by atoms with Crippen molar-refractivity contribution in [2.75, 3.05) is 24.4 Å². The first-order chi connectivity index (χ1) is 13.0. The number of hydrogen-bond donors (Lipinski definition) is 1. The Kier molecular flexibility index (Phi) is 5.98. The Morgan fingerprint density at radius 2 is 1.81 bits per heavy atom. The Bertz CT molecular complexity index is 884. The van der Waals surface area contributed by atoms with Crippen molar-refractivity contribution in [1.82, 2.24) is 0 Å². The Hall–Kier alpha value is -2.57. The molecule has 140 valence electrons. The number of benzene rings is 2. The predicted molar refractivity (Wildman–Crippen MR) is 111 cm³/mol. The van der Waals surface area contributed by atoms with E-state index in [1.165, 1.54) is 11.8 Å². The average molecular weight is 382 g/mol. The molecule has 2 aromatic rings. The lowest BCUT2D eigenvalue weighted by atomic mass is 10.1. The lowest BCUT2D eigenvalue weighted by Crippen LogP contribution is -2.30. The number of hydrogen-bond acceptors (Lipinski definition) is 5. The molecule has 3 rings (SSSR count). The molecule has 5 nitrogen and oxygen atoms in total. The molecule has 1 amide bonds. The summed E-state index contributed by atoms with van der Waals surface area (Å²) in [7, 11) is 1.62. The molecule has 0 saturated carbocycles. The van der Waals surface area contributed by atoms with E-state index in [9.17, 15) is 9.90 Å². The van der Waals surface area contributed by atoms with Crippen LogP contribution in [-0.2, 0) is 4.79 Å². The number of anilines is 1. The van der Waals surface area contributed by atoms with Gasteiger partial charge in [-0.2, -0.15) is 0 Å². The second kappa shape index (κ2) is 8.41. The second-order valence-electron chi connectivity index (χ2n) is 6.26. The van der Waals surface area contributed by atoms with Gasteiger partial charge in [0.2, 0.25) is 0 Å². The number of ether oxygens (including phenoxy) is 1. The van der Waals surface area contributed by atoms with Crippen LogP contribution in [0.3, 0.4) is 0 Å². The molecule has 0 radical (unpaired) electrons. The van der Waals surface area contributed by atoms with E-state index in [1.54, 1.807) is 18.1 Å². The molecular weight excluding hydrogens is 360 g/mol. The summed E-state index contributed by atoms with van der Waals surface area (Å²) in [5.74, 6) is 1.06. The topological polar surface area (TPSA) is 62.1 Å². The summed E-state index contributed by atoms with van der Waals surface area (Å²) in [6.45, 7) is 4.03. The Balaban J connectivity index is 1.97. The Morgan fingerprint density at radius 3 is 2.41 bits per heavy atom. The van der Waals surface area contributed by atoms with E-state index in [2.05, 4.69) is 11.1 Å². The van der Waals surface area contributed by atoms with Gasteiger partial charge in [-0.15, -0.1) is 0 Å². The van der Waals surface area contributed by atoms with E-state index in [0.29, 0.717) is 16.6 Å². The SMILES string of the molecule is COc1ccc(C=C2N=C(SCCO)N(c3cc(C)cc(C)c3)C2=O)cc1. The first kappa shape index (κ1) is 19.2. The maximum absolute atomic E-state index is 13.1. The summed E-state index contributed by atoms with van der Waals surface area (Å²) < 4.78 is 5.17. The van der Waals surface area contributed by atoms with E-state index in [0.717, 1.165) is 28.1 Å². The van der Waals surface area contributed by atoms with Gasteiger partial charge in [-0.05, 0) is 60.9 Å². The van der Waals surface area contributed by atoms with Gasteiger partial charge in [-0.25, -0.2) is 4.99 Å². The van der Waals surface area contributed by atoms with Crippen LogP contribution in [0.5, 0.6) is 5.75 Å². The minimum absolute atomic E-state index is 0.0239. The molecule has 0 aromatic heterocycles. The Labute approximate surface area is 163 Å². The summed E-state index contributed by atoms with van der Waals surface area (Å²) in [6.07, 6.45) is 1.77. The summed E-state index contributed by atoms with van der Waals surface area (Å²) in [4.78, 5) is 19.2. The van der Waals surface area contributed by atoms with Gasteiger partial charge < -0.3 is 9.84 Å². The molecule has 0 aliphatic carbocycles. The van der Waals surface area contributed by atoms with Gasteiger partial charge in [-0.1, -0.05) is 30.0 Å². The van der Waals surface area contributed by atoms with E-state index in [4.69, 9.17) is 4.74 Å². The first-order valence-electron chi connectivity index (χ1n) is 8.62. The normalized spacial score (nSPS) is 15.4. The van der Waals surface area contributed by atoms with Crippen LogP contribution in [0.2, 0.25) is 0 Å². The van der Waals surface area contributed by atoms with Crippen molar-refractivity contribution in [3.05, 3.63) is 64.9 Å². The number of aryl methyl sites for hydroxylation is 2. The number of aliphatic imine (C=N–C) groups is 1. The van der Waals surface area contributed by atoms with Crippen LogP contribution < -0.4 is 9.64 Å². The fourth-order valence-electron chi connectivity index (χ4n) is 2.90. The molecule has 0 saturated heterocycles. The lowest BCUT2D eigenvalue weighted by Gasteiger charge is -2.18. The minimum atomic E-state index is -0.170. The van der Waals surface area contributed by atoms with Crippen molar-refractivity contribution in [2.24, 2.45) is 4.99 Å². The number of thioether (sulfide) groups is 1. The Morgan fingerprint density at radius 1 is 1.15 bits per heavy atom. The van der Waals surface area contributed by atoms with Crippen LogP contribution in [0.1, 0.15) is 16.7 Å². The summed E-state index contributed by atoms with van der Waals surface area (Å²) in [5, 5.41) is 9.76. The van der Waals surface area contributed by atoms with Gasteiger partial charge in [0.1, 0.15) is 11.4 Å². The van der Waals surface area contributed by atoms with Crippen LogP contribution in [0, 0.1) is 13.8 Å². The van der Waals surface area contributed by atoms with Gasteiger partial charge in [0, 0.05) is 5.75 Å². The number of amidine groups is 1. The van der Waals surface area contributed by atoms with Crippen LogP contribution in [0.25, 0.3) is 6.08 Å². The van der Waals surface area contributed by atoms with E-state index in [1.807, 2.05) is 50.2 Å². The summed E-state index contributed by atoms with van der Waals surface area (Å²) in [5.41, 5.74) is 4.20. The van der Waals surface area contributed by atoms with E-state index >= 15 is 0 Å². The summed E-state index contributed by atoms with van der Waals surface area (Å²) in [6, 6.07) is 13.5. The highest BCUT2D eigenvalue weighted by Gasteiger charge is 2.32. The first-order valence-corrected chi connectivity index (χ1v) is 9.61. The number of amides is 1. The van der Waals surface area contributed by atoms with E-state index in [-0.39, 0.29) is 12.5 Å². The van der Waals surface area contributed by atoms with Crippen LogP contribution in [0.15, 0.2) is 53.2 Å².